The highest BCUT2D eigenvalue weighted by atomic mass is 35.7. The van der Waals surface area contributed by atoms with Gasteiger partial charge in [0.05, 0.1) is 17.8 Å². The quantitative estimate of drug-likeness (QED) is 0.612. The van der Waals surface area contributed by atoms with Crippen LogP contribution in [-0.4, -0.2) is 39.2 Å². The van der Waals surface area contributed by atoms with Crippen molar-refractivity contribution in [3.63, 3.8) is 0 Å². The maximum absolute atomic E-state index is 12.0. The van der Waals surface area contributed by atoms with Crippen molar-refractivity contribution in [3.8, 4) is 0 Å². The fraction of sp³-hybridized carbons (Fsp3) is 0.333. The maximum atomic E-state index is 12.0. The number of anilines is 1. The van der Waals surface area contributed by atoms with Crippen LogP contribution < -0.4 is 4.90 Å². The molecule has 114 valence electrons. The van der Waals surface area contributed by atoms with Crippen LogP contribution in [-0.2, 0) is 18.6 Å². The highest BCUT2D eigenvalue weighted by Crippen LogP contribution is 2.33. The van der Waals surface area contributed by atoms with Crippen molar-refractivity contribution in [1.29, 1.82) is 0 Å². The molecule has 1 aromatic carbocycles. The Balaban J connectivity index is 2.46. The third kappa shape index (κ3) is 3.14. The van der Waals surface area contributed by atoms with Gasteiger partial charge in [0, 0.05) is 23.6 Å². The predicted molar refractivity (Wildman–Crippen MR) is 78.3 cm³/mol. The molecule has 1 atom stereocenters. The van der Waals surface area contributed by atoms with Crippen LogP contribution in [0.5, 0.6) is 0 Å². The zero-order chi connectivity index (χ0) is 15.8. The molecule has 0 bridgehead atoms. The van der Waals surface area contributed by atoms with E-state index in [1.54, 1.807) is 6.07 Å². The van der Waals surface area contributed by atoms with Gasteiger partial charge in [0.15, 0.2) is 0 Å². The smallest absolute Gasteiger partial charge is 0.341 e. The number of carbonyl (C=O) groups is 2. The van der Waals surface area contributed by atoms with Crippen LogP contribution in [0.3, 0.4) is 0 Å². The summed E-state index contributed by atoms with van der Waals surface area (Å²) in [6.07, 6.45) is -0.237. The van der Waals surface area contributed by atoms with Crippen LogP contribution in [0, 0.1) is 0 Å². The summed E-state index contributed by atoms with van der Waals surface area (Å²) >= 11 is 5.97. The lowest BCUT2D eigenvalue weighted by Gasteiger charge is -2.19. The van der Waals surface area contributed by atoms with E-state index in [-0.39, 0.29) is 29.2 Å². The summed E-state index contributed by atoms with van der Waals surface area (Å²) in [5, 5.41) is -0.902. The van der Waals surface area contributed by atoms with Gasteiger partial charge in [0.1, 0.15) is 10.8 Å². The standard InChI is InChI=1S/C12H11Cl2NO5S/c1-20-12(17)11-8(13)3-2-4-9(11)15-6-7(5-10(15)16)21(14,18)19/h2-4,7H,5-6H2,1H3. The van der Waals surface area contributed by atoms with Crippen molar-refractivity contribution < 1.29 is 22.7 Å². The highest BCUT2D eigenvalue weighted by Gasteiger charge is 2.39. The van der Waals surface area contributed by atoms with Crippen LogP contribution in [0.1, 0.15) is 16.8 Å². The fourth-order valence-electron chi connectivity index (χ4n) is 2.14. The predicted octanol–water partition coefficient (Wildman–Crippen LogP) is 1.80. The van der Waals surface area contributed by atoms with Gasteiger partial charge >= 0.3 is 5.97 Å². The molecule has 1 saturated heterocycles. The molecule has 6 nitrogen and oxygen atoms in total. The molecule has 1 aliphatic rings. The van der Waals surface area contributed by atoms with Crippen molar-refractivity contribution >= 4 is 48.9 Å². The van der Waals surface area contributed by atoms with Gasteiger partial charge in [-0.2, -0.15) is 0 Å². The van der Waals surface area contributed by atoms with Gasteiger partial charge in [-0.3, -0.25) is 4.79 Å². The van der Waals surface area contributed by atoms with Crippen LogP contribution >= 0.6 is 22.3 Å². The molecule has 0 N–H and O–H groups in total. The third-order valence-electron chi connectivity index (χ3n) is 3.16. The molecular formula is C12H11Cl2NO5S. The number of ether oxygens (including phenoxy) is 1. The first kappa shape index (κ1) is 16.1. The number of esters is 1. The van der Waals surface area contributed by atoms with E-state index < -0.39 is 26.2 Å². The largest absolute Gasteiger partial charge is 0.465 e. The monoisotopic (exact) mass is 351 g/mol. The van der Waals surface area contributed by atoms with Gasteiger partial charge in [-0.1, -0.05) is 17.7 Å². The Hall–Kier alpha value is -1.31. The van der Waals surface area contributed by atoms with Crippen molar-refractivity contribution in [1.82, 2.24) is 0 Å². The van der Waals surface area contributed by atoms with E-state index in [4.69, 9.17) is 22.3 Å². The van der Waals surface area contributed by atoms with Crippen LogP contribution in [0.15, 0.2) is 18.2 Å². The highest BCUT2D eigenvalue weighted by molar-refractivity contribution is 8.14. The average molecular weight is 352 g/mol. The SMILES string of the molecule is COC(=O)c1c(Cl)cccc1N1CC(S(=O)(=O)Cl)CC1=O. The second kappa shape index (κ2) is 5.82. The summed E-state index contributed by atoms with van der Waals surface area (Å²) in [5.74, 6) is -1.16. The molecule has 0 aliphatic carbocycles. The molecule has 21 heavy (non-hydrogen) atoms. The number of rotatable bonds is 3. The Kier molecular flexibility index (Phi) is 4.46. The van der Waals surface area contributed by atoms with E-state index in [2.05, 4.69) is 4.74 Å². The van der Waals surface area contributed by atoms with E-state index >= 15 is 0 Å². The molecule has 0 aromatic heterocycles. The molecule has 1 amide bonds. The number of methoxy groups -OCH3 is 1. The van der Waals surface area contributed by atoms with Gasteiger partial charge in [-0.15, -0.1) is 0 Å². The van der Waals surface area contributed by atoms with Crippen LogP contribution in [0.25, 0.3) is 0 Å². The Bertz CT molecular complexity index is 704. The summed E-state index contributed by atoms with van der Waals surface area (Å²) in [5.41, 5.74) is 0.227. The molecule has 1 heterocycles. The Morgan fingerprint density at radius 3 is 2.62 bits per heavy atom. The van der Waals surface area contributed by atoms with E-state index in [9.17, 15) is 18.0 Å². The second-order valence-corrected chi connectivity index (χ2v) is 7.75. The molecule has 2 rings (SSSR count). The number of carbonyl (C=O) groups excluding carboxylic acids is 2. The minimum Gasteiger partial charge on any atom is -0.465 e. The Morgan fingerprint density at radius 2 is 2.10 bits per heavy atom. The molecule has 0 spiro atoms. The second-order valence-electron chi connectivity index (χ2n) is 4.43. The lowest BCUT2D eigenvalue weighted by atomic mass is 10.1. The van der Waals surface area contributed by atoms with Crippen molar-refractivity contribution in [2.75, 3.05) is 18.6 Å². The molecule has 1 aliphatic heterocycles. The van der Waals surface area contributed by atoms with E-state index in [1.165, 1.54) is 24.1 Å². The minimum absolute atomic E-state index is 0.0163. The summed E-state index contributed by atoms with van der Waals surface area (Å²) in [4.78, 5) is 25.0. The summed E-state index contributed by atoms with van der Waals surface area (Å²) < 4.78 is 27.4. The number of hydrogen-bond acceptors (Lipinski definition) is 5. The zero-order valence-corrected chi connectivity index (χ0v) is 13.2. The van der Waals surface area contributed by atoms with Gasteiger partial charge in [-0.25, -0.2) is 13.2 Å². The first-order valence-electron chi connectivity index (χ1n) is 5.86. The van der Waals surface area contributed by atoms with E-state index in [0.717, 1.165) is 0 Å². The maximum Gasteiger partial charge on any atom is 0.341 e. The molecule has 1 fully saturated rings. The first-order chi connectivity index (χ1) is 9.75. The topological polar surface area (TPSA) is 80.8 Å². The summed E-state index contributed by atoms with van der Waals surface area (Å²) in [6, 6.07) is 4.53. The lowest BCUT2D eigenvalue weighted by molar-refractivity contribution is -0.117. The van der Waals surface area contributed by atoms with E-state index in [1.807, 2.05) is 0 Å². The number of amides is 1. The number of benzene rings is 1. The van der Waals surface area contributed by atoms with E-state index in [0.29, 0.717) is 0 Å². The van der Waals surface area contributed by atoms with Gasteiger partial charge in [0.25, 0.3) is 0 Å². The lowest BCUT2D eigenvalue weighted by Crippen LogP contribution is -2.28. The number of halogens is 2. The molecular weight excluding hydrogens is 341 g/mol. The number of nitrogens with zero attached hydrogens (tertiary/aromatic N) is 1. The summed E-state index contributed by atoms with van der Waals surface area (Å²) in [7, 11) is 2.62. The average Bonchev–Trinajstić information content (AvgIpc) is 2.79. The molecule has 0 radical (unpaired) electrons. The van der Waals surface area contributed by atoms with Crippen LogP contribution in [0.4, 0.5) is 5.69 Å². The number of hydrogen-bond donors (Lipinski definition) is 0. The summed E-state index contributed by atoms with van der Waals surface area (Å²) in [6.45, 7) is -0.130. The normalized spacial score (nSPS) is 18.9. The van der Waals surface area contributed by atoms with Crippen molar-refractivity contribution in [3.05, 3.63) is 28.8 Å². The Labute approximate surface area is 131 Å². The van der Waals surface area contributed by atoms with Gasteiger partial charge in [0.2, 0.25) is 15.0 Å². The van der Waals surface area contributed by atoms with Crippen molar-refractivity contribution in [2.45, 2.75) is 11.7 Å². The molecule has 1 unspecified atom stereocenters. The molecule has 1 aromatic rings. The van der Waals surface area contributed by atoms with Gasteiger partial charge in [-0.05, 0) is 12.1 Å². The Morgan fingerprint density at radius 1 is 1.43 bits per heavy atom. The van der Waals surface area contributed by atoms with Gasteiger partial charge < -0.3 is 9.64 Å². The first-order valence-corrected chi connectivity index (χ1v) is 8.61. The van der Waals surface area contributed by atoms with Crippen LogP contribution in [0.2, 0.25) is 5.02 Å². The minimum atomic E-state index is -3.86. The molecule has 0 saturated carbocycles. The fourth-order valence-corrected chi connectivity index (χ4v) is 3.41. The third-order valence-corrected chi connectivity index (χ3v) is 5.34. The van der Waals surface area contributed by atoms with Crippen molar-refractivity contribution in [2.24, 2.45) is 0 Å². The zero-order valence-electron chi connectivity index (χ0n) is 10.9. The molecule has 9 heteroatoms.